The molecule has 23 heavy (non-hydrogen) atoms. The third kappa shape index (κ3) is 4.07. The summed E-state index contributed by atoms with van der Waals surface area (Å²) in [6.45, 7) is 3.50. The summed E-state index contributed by atoms with van der Waals surface area (Å²) in [5.41, 5.74) is 0.981. The average molecular weight is 331 g/mol. The van der Waals surface area contributed by atoms with Crippen molar-refractivity contribution in [2.24, 2.45) is 0 Å². The van der Waals surface area contributed by atoms with Crippen molar-refractivity contribution in [3.05, 3.63) is 42.4 Å². The van der Waals surface area contributed by atoms with E-state index in [1.54, 1.807) is 6.20 Å². The molecule has 1 aromatic heterocycles. The first-order valence-corrected chi connectivity index (χ1v) is 9.04. The van der Waals surface area contributed by atoms with E-state index in [0.717, 1.165) is 36.6 Å². The van der Waals surface area contributed by atoms with Crippen LogP contribution in [0.2, 0.25) is 0 Å². The van der Waals surface area contributed by atoms with Gasteiger partial charge in [0.25, 0.3) is 0 Å². The maximum absolute atomic E-state index is 12.3. The van der Waals surface area contributed by atoms with Crippen LogP contribution in [0.15, 0.2) is 40.9 Å². The predicted molar refractivity (Wildman–Crippen MR) is 92.4 cm³/mol. The van der Waals surface area contributed by atoms with Gasteiger partial charge in [-0.25, -0.2) is 9.78 Å². The Morgan fingerprint density at radius 2 is 2.13 bits per heavy atom. The lowest BCUT2D eigenvalue weighted by molar-refractivity contribution is 0.196. The maximum Gasteiger partial charge on any atom is 0.318 e. The molecule has 1 N–H and O–H groups in total. The second-order valence-corrected chi connectivity index (χ2v) is 6.78. The number of carbonyl (C=O) groups excluding carboxylic acids is 1. The number of hydrogen-bond donors (Lipinski definition) is 1. The molecule has 2 heterocycles. The zero-order valence-corrected chi connectivity index (χ0v) is 14.0. The standard InChI is InChI=1S/C17H21N3O2S/c1-13(19-17(21)20-8-5-10-23-11-9-20)16-18-12-15(22-16)14-6-3-2-4-7-14/h2-4,6-7,12-13H,5,8-11H2,1H3,(H,19,21)/t13-/m1/s1. The molecule has 0 saturated carbocycles. The highest BCUT2D eigenvalue weighted by Gasteiger charge is 2.20. The van der Waals surface area contributed by atoms with Crippen LogP contribution in [0.5, 0.6) is 0 Å². The highest BCUT2D eigenvalue weighted by atomic mass is 32.2. The van der Waals surface area contributed by atoms with Gasteiger partial charge in [-0.05, 0) is 19.1 Å². The smallest absolute Gasteiger partial charge is 0.318 e. The normalized spacial score (nSPS) is 16.7. The van der Waals surface area contributed by atoms with E-state index in [4.69, 9.17) is 4.42 Å². The minimum absolute atomic E-state index is 0.0422. The Balaban J connectivity index is 1.63. The number of urea groups is 1. The fraction of sp³-hybridized carbons (Fsp3) is 0.412. The average Bonchev–Trinajstić information content (AvgIpc) is 2.91. The molecule has 1 fully saturated rings. The van der Waals surface area contributed by atoms with Crippen LogP contribution in [0, 0.1) is 0 Å². The molecule has 1 aromatic carbocycles. The van der Waals surface area contributed by atoms with Gasteiger partial charge in [0.2, 0.25) is 5.89 Å². The predicted octanol–water partition coefficient (Wildman–Crippen LogP) is 3.55. The molecule has 0 bridgehead atoms. The van der Waals surface area contributed by atoms with Crippen molar-refractivity contribution >= 4 is 17.8 Å². The second-order valence-electron chi connectivity index (χ2n) is 5.55. The molecule has 3 rings (SSSR count). The highest BCUT2D eigenvalue weighted by molar-refractivity contribution is 7.99. The summed E-state index contributed by atoms with van der Waals surface area (Å²) >= 11 is 1.90. The van der Waals surface area contributed by atoms with Crippen LogP contribution >= 0.6 is 11.8 Å². The van der Waals surface area contributed by atoms with Crippen molar-refractivity contribution in [2.75, 3.05) is 24.6 Å². The molecule has 1 atom stereocenters. The zero-order chi connectivity index (χ0) is 16.1. The number of carbonyl (C=O) groups is 1. The van der Waals surface area contributed by atoms with E-state index in [0.29, 0.717) is 11.7 Å². The van der Waals surface area contributed by atoms with Crippen molar-refractivity contribution in [1.82, 2.24) is 15.2 Å². The van der Waals surface area contributed by atoms with E-state index in [-0.39, 0.29) is 12.1 Å². The summed E-state index contributed by atoms with van der Waals surface area (Å²) in [6.07, 6.45) is 2.75. The molecule has 0 unspecified atom stereocenters. The van der Waals surface area contributed by atoms with E-state index in [1.807, 2.05) is 53.9 Å². The zero-order valence-electron chi connectivity index (χ0n) is 13.2. The van der Waals surface area contributed by atoms with E-state index < -0.39 is 0 Å². The van der Waals surface area contributed by atoms with Crippen molar-refractivity contribution in [3.63, 3.8) is 0 Å². The minimum Gasteiger partial charge on any atom is -0.438 e. The van der Waals surface area contributed by atoms with Gasteiger partial charge in [0.1, 0.15) is 6.04 Å². The third-order valence-corrected chi connectivity index (χ3v) is 4.85. The molecule has 2 amide bonds. The van der Waals surface area contributed by atoms with Crippen molar-refractivity contribution in [2.45, 2.75) is 19.4 Å². The van der Waals surface area contributed by atoms with E-state index in [9.17, 15) is 4.79 Å². The van der Waals surface area contributed by atoms with Gasteiger partial charge in [0, 0.05) is 24.4 Å². The molecule has 122 valence electrons. The first-order chi connectivity index (χ1) is 11.2. The van der Waals surface area contributed by atoms with Crippen molar-refractivity contribution < 1.29 is 9.21 Å². The van der Waals surface area contributed by atoms with Gasteiger partial charge >= 0.3 is 6.03 Å². The van der Waals surface area contributed by atoms with Crippen LogP contribution in [0.3, 0.4) is 0 Å². The molecule has 2 aromatic rings. The lowest BCUT2D eigenvalue weighted by Crippen LogP contribution is -2.42. The van der Waals surface area contributed by atoms with Gasteiger partial charge in [-0.3, -0.25) is 0 Å². The summed E-state index contributed by atoms with van der Waals surface area (Å²) in [6, 6.07) is 9.53. The Morgan fingerprint density at radius 3 is 2.96 bits per heavy atom. The van der Waals surface area contributed by atoms with Gasteiger partial charge < -0.3 is 14.6 Å². The molecule has 0 radical (unpaired) electrons. The van der Waals surface area contributed by atoms with Crippen LogP contribution in [0.1, 0.15) is 25.3 Å². The monoisotopic (exact) mass is 331 g/mol. The molecule has 1 aliphatic rings. The van der Waals surface area contributed by atoms with Crippen LogP contribution in [-0.4, -0.2) is 40.5 Å². The number of amides is 2. The lowest BCUT2D eigenvalue weighted by Gasteiger charge is -2.22. The maximum atomic E-state index is 12.3. The minimum atomic E-state index is -0.254. The fourth-order valence-electron chi connectivity index (χ4n) is 2.51. The number of nitrogens with one attached hydrogen (secondary N) is 1. The molecule has 0 spiro atoms. The molecular weight excluding hydrogens is 310 g/mol. The van der Waals surface area contributed by atoms with Crippen LogP contribution in [-0.2, 0) is 0 Å². The summed E-state index contributed by atoms with van der Waals surface area (Å²) in [4.78, 5) is 18.5. The Bertz CT molecular complexity index is 636. The highest BCUT2D eigenvalue weighted by Crippen LogP contribution is 2.22. The van der Waals surface area contributed by atoms with Crippen LogP contribution in [0.25, 0.3) is 11.3 Å². The van der Waals surface area contributed by atoms with E-state index in [2.05, 4.69) is 10.3 Å². The van der Waals surface area contributed by atoms with Gasteiger partial charge in [0.15, 0.2) is 5.76 Å². The van der Waals surface area contributed by atoms with Gasteiger partial charge in [-0.2, -0.15) is 11.8 Å². The summed E-state index contributed by atoms with van der Waals surface area (Å²) in [5, 5.41) is 2.98. The fourth-order valence-corrected chi connectivity index (χ4v) is 3.40. The topological polar surface area (TPSA) is 58.4 Å². The summed E-state index contributed by atoms with van der Waals surface area (Å²) < 4.78 is 5.80. The molecule has 1 saturated heterocycles. The van der Waals surface area contributed by atoms with Crippen LogP contribution in [0.4, 0.5) is 4.79 Å². The summed E-state index contributed by atoms with van der Waals surface area (Å²) in [5.74, 6) is 3.37. The Morgan fingerprint density at radius 1 is 1.30 bits per heavy atom. The quantitative estimate of drug-likeness (QED) is 0.934. The summed E-state index contributed by atoms with van der Waals surface area (Å²) in [7, 11) is 0. The Labute approximate surface area is 140 Å². The number of thioether (sulfide) groups is 1. The molecule has 1 aliphatic heterocycles. The molecular formula is C17H21N3O2S. The number of oxazole rings is 1. The lowest BCUT2D eigenvalue weighted by atomic mass is 10.2. The molecule has 5 nitrogen and oxygen atoms in total. The van der Waals surface area contributed by atoms with Gasteiger partial charge in [-0.15, -0.1) is 0 Å². The number of hydrogen-bond acceptors (Lipinski definition) is 4. The number of benzene rings is 1. The van der Waals surface area contributed by atoms with E-state index >= 15 is 0 Å². The van der Waals surface area contributed by atoms with Crippen LogP contribution < -0.4 is 5.32 Å². The second kappa shape index (κ2) is 7.55. The largest absolute Gasteiger partial charge is 0.438 e. The number of rotatable bonds is 3. The molecule has 6 heteroatoms. The first kappa shape index (κ1) is 15.9. The van der Waals surface area contributed by atoms with E-state index in [1.165, 1.54) is 0 Å². The molecule has 0 aliphatic carbocycles. The van der Waals surface area contributed by atoms with Crippen molar-refractivity contribution in [3.8, 4) is 11.3 Å². The Kier molecular flexibility index (Phi) is 5.23. The SMILES string of the molecule is C[C@@H](NC(=O)N1CCCSCC1)c1ncc(-c2ccccc2)o1. The van der Waals surface area contributed by atoms with Gasteiger partial charge in [0.05, 0.1) is 6.20 Å². The van der Waals surface area contributed by atoms with Gasteiger partial charge in [-0.1, -0.05) is 30.3 Å². The first-order valence-electron chi connectivity index (χ1n) is 7.88. The van der Waals surface area contributed by atoms with Crippen molar-refractivity contribution in [1.29, 1.82) is 0 Å². The number of aromatic nitrogens is 1. The Hall–Kier alpha value is -1.95. The number of nitrogens with zero attached hydrogens (tertiary/aromatic N) is 2. The third-order valence-electron chi connectivity index (χ3n) is 3.80.